The molecule has 1 aromatic carbocycles. The zero-order valence-corrected chi connectivity index (χ0v) is 15.7. The number of carbonyl (C=O) groups is 1. The molecule has 1 N–H and O–H groups in total. The van der Waals surface area contributed by atoms with Crippen molar-refractivity contribution in [3.8, 4) is 0 Å². The number of hydrogen-bond acceptors (Lipinski definition) is 6. The number of aromatic nitrogens is 3. The quantitative estimate of drug-likeness (QED) is 0.869. The van der Waals surface area contributed by atoms with Crippen molar-refractivity contribution in [2.75, 3.05) is 38.4 Å². The van der Waals surface area contributed by atoms with Crippen molar-refractivity contribution in [2.24, 2.45) is 0 Å². The summed E-state index contributed by atoms with van der Waals surface area (Å²) >= 11 is 0. The summed E-state index contributed by atoms with van der Waals surface area (Å²) in [4.78, 5) is 28.7. The predicted molar refractivity (Wildman–Crippen MR) is 100 cm³/mol. The summed E-state index contributed by atoms with van der Waals surface area (Å²) in [5, 5.41) is 3.24. The second-order valence-electron chi connectivity index (χ2n) is 6.62. The Balaban J connectivity index is 2.11. The van der Waals surface area contributed by atoms with Gasteiger partial charge >= 0.3 is 0 Å². The van der Waals surface area contributed by atoms with E-state index in [-0.39, 0.29) is 11.8 Å². The number of carbonyl (C=O) groups excluding carboxylic acids is 1. The van der Waals surface area contributed by atoms with E-state index in [0.717, 1.165) is 11.4 Å². The van der Waals surface area contributed by atoms with Gasteiger partial charge in [-0.1, -0.05) is 26.0 Å². The van der Waals surface area contributed by atoms with Crippen molar-refractivity contribution in [3.63, 3.8) is 0 Å². The standard InChI is InChI=1S/C18H26N6O/c1-12(2)15-20-17(22-18(21-15)24(5)6)19-11-13-7-9-14(10-8-13)16(25)23(3)4/h7-10,12H,11H2,1-6H3,(H,19,20,21,22). The summed E-state index contributed by atoms with van der Waals surface area (Å²) in [6.45, 7) is 4.68. The first-order valence-corrected chi connectivity index (χ1v) is 8.25. The largest absolute Gasteiger partial charge is 0.350 e. The summed E-state index contributed by atoms with van der Waals surface area (Å²) in [6.07, 6.45) is 0. The minimum Gasteiger partial charge on any atom is -0.350 e. The molecular formula is C18H26N6O. The van der Waals surface area contributed by atoms with E-state index in [1.165, 1.54) is 0 Å². The van der Waals surface area contributed by atoms with Gasteiger partial charge in [-0.2, -0.15) is 15.0 Å². The molecule has 0 aliphatic carbocycles. The Bertz CT molecular complexity index is 699. The van der Waals surface area contributed by atoms with Gasteiger partial charge in [-0.15, -0.1) is 0 Å². The first-order valence-electron chi connectivity index (χ1n) is 8.25. The molecule has 1 heterocycles. The van der Waals surface area contributed by atoms with E-state index < -0.39 is 0 Å². The number of benzene rings is 1. The normalized spacial score (nSPS) is 10.7. The molecule has 0 spiro atoms. The zero-order chi connectivity index (χ0) is 18.6. The monoisotopic (exact) mass is 342 g/mol. The van der Waals surface area contributed by atoms with E-state index in [1.807, 2.05) is 43.3 Å². The molecule has 7 heteroatoms. The first-order chi connectivity index (χ1) is 11.8. The van der Waals surface area contributed by atoms with Crippen LogP contribution < -0.4 is 10.2 Å². The maximum absolute atomic E-state index is 11.9. The fourth-order valence-corrected chi connectivity index (χ4v) is 2.12. The molecule has 0 aliphatic heterocycles. The second kappa shape index (κ2) is 7.92. The molecule has 0 saturated carbocycles. The predicted octanol–water partition coefficient (Wildman–Crippen LogP) is 2.37. The highest BCUT2D eigenvalue weighted by atomic mass is 16.2. The molecule has 1 amide bonds. The van der Waals surface area contributed by atoms with Crippen LogP contribution in [0.15, 0.2) is 24.3 Å². The molecule has 0 bridgehead atoms. The minimum absolute atomic E-state index is 0.00539. The molecule has 0 fully saturated rings. The molecule has 25 heavy (non-hydrogen) atoms. The third-order valence-electron chi connectivity index (χ3n) is 3.61. The van der Waals surface area contributed by atoms with Gasteiger partial charge in [0.05, 0.1) is 0 Å². The maximum Gasteiger partial charge on any atom is 0.253 e. The van der Waals surface area contributed by atoms with E-state index in [0.29, 0.717) is 24.0 Å². The molecule has 0 radical (unpaired) electrons. The third-order valence-corrected chi connectivity index (χ3v) is 3.61. The third kappa shape index (κ3) is 4.89. The molecular weight excluding hydrogens is 316 g/mol. The number of rotatable bonds is 6. The van der Waals surface area contributed by atoms with Gasteiger partial charge in [-0.3, -0.25) is 4.79 Å². The van der Waals surface area contributed by atoms with Gasteiger partial charge in [0, 0.05) is 46.2 Å². The van der Waals surface area contributed by atoms with Crippen molar-refractivity contribution in [3.05, 3.63) is 41.2 Å². The van der Waals surface area contributed by atoms with Gasteiger partial charge in [0.25, 0.3) is 5.91 Å². The summed E-state index contributed by atoms with van der Waals surface area (Å²) in [5.74, 6) is 2.16. The number of nitrogens with zero attached hydrogens (tertiary/aromatic N) is 5. The number of amides is 1. The highest BCUT2D eigenvalue weighted by Gasteiger charge is 2.11. The molecule has 0 aliphatic rings. The summed E-state index contributed by atoms with van der Waals surface area (Å²) in [7, 11) is 7.30. The number of nitrogens with one attached hydrogen (secondary N) is 1. The zero-order valence-electron chi connectivity index (χ0n) is 15.7. The van der Waals surface area contributed by atoms with Gasteiger partial charge in [0.2, 0.25) is 11.9 Å². The lowest BCUT2D eigenvalue weighted by Crippen LogP contribution is -2.21. The molecule has 2 rings (SSSR count). The van der Waals surface area contributed by atoms with Gasteiger partial charge in [0.1, 0.15) is 5.82 Å². The van der Waals surface area contributed by atoms with E-state index in [4.69, 9.17) is 0 Å². The van der Waals surface area contributed by atoms with Crippen LogP contribution >= 0.6 is 0 Å². The summed E-state index contributed by atoms with van der Waals surface area (Å²) in [6, 6.07) is 7.53. The molecule has 0 unspecified atom stereocenters. The Hall–Kier alpha value is -2.70. The lowest BCUT2D eigenvalue weighted by atomic mass is 10.1. The molecule has 134 valence electrons. The van der Waals surface area contributed by atoms with Crippen molar-refractivity contribution < 1.29 is 4.79 Å². The van der Waals surface area contributed by atoms with E-state index in [2.05, 4.69) is 34.1 Å². The van der Waals surface area contributed by atoms with Crippen molar-refractivity contribution >= 4 is 17.8 Å². The van der Waals surface area contributed by atoms with Gasteiger partial charge in [0.15, 0.2) is 0 Å². The van der Waals surface area contributed by atoms with Crippen LogP contribution in [0.2, 0.25) is 0 Å². The fraction of sp³-hybridized carbons (Fsp3) is 0.444. The van der Waals surface area contributed by atoms with E-state index >= 15 is 0 Å². The van der Waals surface area contributed by atoms with Crippen LogP contribution in [0.4, 0.5) is 11.9 Å². The van der Waals surface area contributed by atoms with Crippen molar-refractivity contribution in [1.82, 2.24) is 19.9 Å². The molecule has 0 atom stereocenters. The highest BCUT2D eigenvalue weighted by Crippen LogP contribution is 2.16. The van der Waals surface area contributed by atoms with Crippen LogP contribution in [0.3, 0.4) is 0 Å². The van der Waals surface area contributed by atoms with Crippen LogP contribution in [-0.4, -0.2) is 53.9 Å². The topological polar surface area (TPSA) is 74.2 Å². The maximum atomic E-state index is 11.9. The Morgan fingerprint density at radius 3 is 2.20 bits per heavy atom. The van der Waals surface area contributed by atoms with Crippen LogP contribution in [0.5, 0.6) is 0 Å². The SMILES string of the molecule is CC(C)c1nc(NCc2ccc(C(=O)N(C)C)cc2)nc(N(C)C)n1. The minimum atomic E-state index is -0.00539. The Morgan fingerprint density at radius 1 is 1.04 bits per heavy atom. The van der Waals surface area contributed by atoms with Gasteiger partial charge in [-0.05, 0) is 17.7 Å². The number of hydrogen-bond donors (Lipinski definition) is 1. The van der Waals surface area contributed by atoms with Crippen molar-refractivity contribution in [1.29, 1.82) is 0 Å². The number of anilines is 2. The lowest BCUT2D eigenvalue weighted by molar-refractivity contribution is 0.0827. The second-order valence-corrected chi connectivity index (χ2v) is 6.62. The van der Waals surface area contributed by atoms with Gasteiger partial charge < -0.3 is 15.1 Å². The van der Waals surface area contributed by atoms with Crippen LogP contribution in [-0.2, 0) is 6.54 Å². The van der Waals surface area contributed by atoms with Crippen LogP contribution in [0, 0.1) is 0 Å². The summed E-state index contributed by atoms with van der Waals surface area (Å²) in [5.41, 5.74) is 1.72. The fourth-order valence-electron chi connectivity index (χ4n) is 2.12. The van der Waals surface area contributed by atoms with E-state index in [1.54, 1.807) is 19.0 Å². The van der Waals surface area contributed by atoms with Crippen LogP contribution in [0.1, 0.15) is 41.5 Å². The Labute approximate surface area is 149 Å². The molecule has 7 nitrogen and oxygen atoms in total. The first kappa shape index (κ1) is 18.6. The highest BCUT2D eigenvalue weighted by molar-refractivity contribution is 5.93. The average Bonchev–Trinajstić information content (AvgIpc) is 2.59. The smallest absolute Gasteiger partial charge is 0.253 e. The van der Waals surface area contributed by atoms with E-state index in [9.17, 15) is 4.79 Å². The summed E-state index contributed by atoms with van der Waals surface area (Å²) < 4.78 is 0. The van der Waals surface area contributed by atoms with Gasteiger partial charge in [-0.25, -0.2) is 0 Å². The average molecular weight is 342 g/mol. The Morgan fingerprint density at radius 2 is 1.68 bits per heavy atom. The molecule has 0 saturated heterocycles. The lowest BCUT2D eigenvalue weighted by Gasteiger charge is -2.15. The molecule has 2 aromatic rings. The van der Waals surface area contributed by atoms with Crippen LogP contribution in [0.25, 0.3) is 0 Å². The Kier molecular flexibility index (Phi) is 5.90. The van der Waals surface area contributed by atoms with Crippen molar-refractivity contribution in [2.45, 2.75) is 26.3 Å². The molecule has 1 aromatic heterocycles.